The first-order valence-electron chi connectivity index (χ1n) is 9.25. The van der Waals surface area contributed by atoms with Crippen LogP contribution < -0.4 is 5.32 Å². The second kappa shape index (κ2) is 9.97. The highest BCUT2D eigenvalue weighted by Crippen LogP contribution is 2.31. The maximum Gasteiger partial charge on any atom is 0.416 e. The van der Waals surface area contributed by atoms with Crippen LogP contribution in [0.15, 0.2) is 54.6 Å². The molecule has 10 heteroatoms. The van der Waals surface area contributed by atoms with Crippen LogP contribution >= 0.6 is 0 Å². The van der Waals surface area contributed by atoms with Gasteiger partial charge in [0, 0.05) is 18.7 Å². The Hall–Kier alpha value is -3.27. The summed E-state index contributed by atoms with van der Waals surface area (Å²) < 4.78 is 44.0. The Kier molecular flexibility index (Phi) is 7.12. The first kappa shape index (κ1) is 21.4. The topological polar surface area (TPSA) is 81.9 Å². The first-order chi connectivity index (χ1) is 14.4. The van der Waals surface area contributed by atoms with Gasteiger partial charge in [0.1, 0.15) is 6.54 Å². The standard InChI is InChI=1S/C20H20F3N5O2/c21-20(22,23)17-9-4-8-16(12-17)19-25-27-28(26-19)13-18(29)24-10-5-11-30-14-15-6-2-1-3-7-15/h1-4,6-9,12H,5,10-11,13-14H2,(H,24,29). The summed E-state index contributed by atoms with van der Waals surface area (Å²) in [6, 6.07) is 14.4. The molecule has 30 heavy (non-hydrogen) atoms. The van der Waals surface area contributed by atoms with Crippen LogP contribution in [0.1, 0.15) is 17.5 Å². The number of hydrogen-bond donors (Lipinski definition) is 1. The molecule has 1 N–H and O–H groups in total. The molecule has 0 atom stereocenters. The minimum Gasteiger partial charge on any atom is -0.377 e. The van der Waals surface area contributed by atoms with Gasteiger partial charge in [0.05, 0.1) is 12.2 Å². The van der Waals surface area contributed by atoms with Crippen LogP contribution in [0.5, 0.6) is 0 Å². The first-order valence-corrected chi connectivity index (χ1v) is 9.25. The molecule has 0 spiro atoms. The van der Waals surface area contributed by atoms with E-state index in [1.165, 1.54) is 12.1 Å². The summed E-state index contributed by atoms with van der Waals surface area (Å²) in [5.41, 5.74) is 0.450. The highest BCUT2D eigenvalue weighted by Gasteiger charge is 2.30. The molecule has 7 nitrogen and oxygen atoms in total. The van der Waals surface area contributed by atoms with Crippen molar-refractivity contribution in [3.8, 4) is 11.4 Å². The zero-order chi connectivity index (χ0) is 21.4. The number of rotatable bonds is 9. The molecule has 3 rings (SSSR count). The fourth-order valence-electron chi connectivity index (χ4n) is 2.61. The Bertz CT molecular complexity index is 960. The van der Waals surface area contributed by atoms with E-state index in [4.69, 9.17) is 4.74 Å². The molecule has 0 saturated carbocycles. The lowest BCUT2D eigenvalue weighted by atomic mass is 10.1. The van der Waals surface area contributed by atoms with E-state index in [1.807, 2.05) is 30.3 Å². The molecule has 158 valence electrons. The van der Waals surface area contributed by atoms with Gasteiger partial charge in [-0.1, -0.05) is 42.5 Å². The Balaban J connectivity index is 1.41. The van der Waals surface area contributed by atoms with Crippen LogP contribution in [0.3, 0.4) is 0 Å². The lowest BCUT2D eigenvalue weighted by molar-refractivity contribution is -0.137. The fourth-order valence-corrected chi connectivity index (χ4v) is 2.61. The van der Waals surface area contributed by atoms with Crippen molar-refractivity contribution in [1.29, 1.82) is 0 Å². The second-order valence-corrected chi connectivity index (χ2v) is 6.46. The molecule has 1 amide bonds. The molecule has 3 aromatic rings. The van der Waals surface area contributed by atoms with Crippen molar-refractivity contribution in [3.63, 3.8) is 0 Å². The summed E-state index contributed by atoms with van der Waals surface area (Å²) in [6.45, 7) is 1.24. The van der Waals surface area contributed by atoms with Gasteiger partial charge in [-0.25, -0.2) is 0 Å². The van der Waals surface area contributed by atoms with Crippen molar-refractivity contribution in [2.45, 2.75) is 25.7 Å². The number of alkyl halides is 3. The number of amides is 1. The van der Waals surface area contributed by atoms with Crippen molar-refractivity contribution in [3.05, 3.63) is 65.7 Å². The van der Waals surface area contributed by atoms with E-state index in [-0.39, 0.29) is 23.8 Å². The van der Waals surface area contributed by atoms with Gasteiger partial charge in [-0.3, -0.25) is 4.79 Å². The van der Waals surface area contributed by atoms with Crippen molar-refractivity contribution in [2.24, 2.45) is 0 Å². The fraction of sp³-hybridized carbons (Fsp3) is 0.300. The van der Waals surface area contributed by atoms with E-state index in [1.54, 1.807) is 0 Å². The molecule has 0 bridgehead atoms. The highest BCUT2D eigenvalue weighted by molar-refractivity contribution is 5.75. The van der Waals surface area contributed by atoms with Crippen LogP contribution in [0.2, 0.25) is 0 Å². The maximum absolute atomic E-state index is 12.8. The number of nitrogens with zero attached hydrogens (tertiary/aromatic N) is 4. The molecule has 0 aliphatic heterocycles. The van der Waals surface area contributed by atoms with Gasteiger partial charge in [-0.2, -0.15) is 18.0 Å². The molecule has 0 unspecified atom stereocenters. The number of ether oxygens (including phenoxy) is 1. The number of hydrogen-bond acceptors (Lipinski definition) is 5. The van der Waals surface area contributed by atoms with Crippen molar-refractivity contribution in [1.82, 2.24) is 25.5 Å². The van der Waals surface area contributed by atoms with Gasteiger partial charge in [-0.05, 0) is 29.3 Å². The monoisotopic (exact) mass is 419 g/mol. The van der Waals surface area contributed by atoms with Gasteiger partial charge in [0.2, 0.25) is 11.7 Å². The summed E-state index contributed by atoms with van der Waals surface area (Å²) in [4.78, 5) is 13.0. The minimum absolute atomic E-state index is 0.0169. The summed E-state index contributed by atoms with van der Waals surface area (Å²) in [5, 5.41) is 14.1. The van der Waals surface area contributed by atoms with Gasteiger partial charge in [0.15, 0.2) is 0 Å². The van der Waals surface area contributed by atoms with Gasteiger partial charge < -0.3 is 10.1 Å². The molecule has 1 aromatic heterocycles. The number of halogens is 3. The Morgan fingerprint density at radius 2 is 1.90 bits per heavy atom. The molecule has 0 radical (unpaired) electrons. The average Bonchev–Trinajstić information content (AvgIpc) is 3.19. The van der Waals surface area contributed by atoms with Crippen molar-refractivity contribution < 1.29 is 22.7 Å². The Morgan fingerprint density at radius 1 is 1.10 bits per heavy atom. The van der Waals surface area contributed by atoms with Gasteiger partial charge >= 0.3 is 6.18 Å². The molecule has 0 saturated heterocycles. The van der Waals surface area contributed by atoms with Crippen molar-refractivity contribution in [2.75, 3.05) is 13.2 Å². The van der Waals surface area contributed by atoms with Gasteiger partial charge in [-0.15, -0.1) is 10.2 Å². The van der Waals surface area contributed by atoms with Gasteiger partial charge in [0.25, 0.3) is 0 Å². The maximum atomic E-state index is 12.8. The number of carbonyl (C=O) groups is 1. The predicted molar refractivity (Wildman–Crippen MR) is 102 cm³/mol. The second-order valence-electron chi connectivity index (χ2n) is 6.46. The number of nitrogens with one attached hydrogen (secondary N) is 1. The zero-order valence-corrected chi connectivity index (χ0v) is 16.0. The van der Waals surface area contributed by atoms with Crippen LogP contribution in [0.4, 0.5) is 13.2 Å². The van der Waals surface area contributed by atoms with Crippen LogP contribution in [-0.4, -0.2) is 39.3 Å². The van der Waals surface area contributed by atoms with E-state index in [9.17, 15) is 18.0 Å². The molecular formula is C20H20F3N5O2. The van der Waals surface area contributed by atoms with E-state index in [2.05, 4.69) is 20.7 Å². The third-order valence-electron chi connectivity index (χ3n) is 4.09. The van der Waals surface area contributed by atoms with E-state index < -0.39 is 11.7 Å². The SMILES string of the molecule is O=C(Cn1nnc(-c2cccc(C(F)(F)F)c2)n1)NCCCOCc1ccccc1. The van der Waals surface area contributed by atoms with E-state index >= 15 is 0 Å². The summed E-state index contributed by atoms with van der Waals surface area (Å²) >= 11 is 0. The lowest BCUT2D eigenvalue weighted by Gasteiger charge is -2.07. The molecule has 0 fully saturated rings. The summed E-state index contributed by atoms with van der Waals surface area (Å²) in [6.07, 6.45) is -3.82. The molecule has 0 aliphatic carbocycles. The number of tetrazole rings is 1. The smallest absolute Gasteiger partial charge is 0.377 e. The molecule has 0 aliphatic rings. The lowest BCUT2D eigenvalue weighted by Crippen LogP contribution is -2.29. The van der Waals surface area contributed by atoms with Crippen LogP contribution in [0.25, 0.3) is 11.4 Å². The third kappa shape index (κ3) is 6.38. The Morgan fingerprint density at radius 3 is 2.67 bits per heavy atom. The Labute approximate surface area is 170 Å². The molecular weight excluding hydrogens is 399 g/mol. The predicted octanol–water partition coefficient (Wildman–Crippen LogP) is 3.08. The molecule has 1 heterocycles. The van der Waals surface area contributed by atoms with E-state index in [0.717, 1.165) is 22.5 Å². The van der Waals surface area contributed by atoms with Crippen molar-refractivity contribution >= 4 is 5.91 Å². The number of benzene rings is 2. The van der Waals surface area contributed by atoms with E-state index in [0.29, 0.717) is 26.2 Å². The largest absolute Gasteiger partial charge is 0.416 e. The zero-order valence-electron chi connectivity index (χ0n) is 16.0. The summed E-state index contributed by atoms with van der Waals surface area (Å²) in [7, 11) is 0. The minimum atomic E-state index is -4.46. The van der Waals surface area contributed by atoms with Crippen LogP contribution in [-0.2, 0) is 28.9 Å². The molecule has 2 aromatic carbocycles. The normalized spacial score (nSPS) is 11.4. The quantitative estimate of drug-likeness (QED) is 0.539. The third-order valence-corrected chi connectivity index (χ3v) is 4.09. The van der Waals surface area contributed by atoms with Crippen LogP contribution in [0, 0.1) is 0 Å². The average molecular weight is 419 g/mol. The number of aromatic nitrogens is 4. The highest BCUT2D eigenvalue weighted by atomic mass is 19.4. The number of carbonyl (C=O) groups excluding carboxylic acids is 1. The summed E-state index contributed by atoms with van der Waals surface area (Å²) in [5.74, 6) is -0.311.